The standard InChI is InChI=1S/C17H13FN6OS/c1-11(25)20-14-3-2-4-15(8-14)24-17(21-22-23-24)26-10-13-6-5-12(9-19)7-16(13)18/h2-8H,10H2,1H3,(H,20,25). The van der Waals surface area contributed by atoms with Crippen LogP contribution < -0.4 is 5.32 Å². The highest BCUT2D eigenvalue weighted by atomic mass is 32.2. The summed E-state index contributed by atoms with van der Waals surface area (Å²) in [7, 11) is 0. The Balaban J connectivity index is 1.79. The molecule has 26 heavy (non-hydrogen) atoms. The number of carbonyl (C=O) groups is 1. The third kappa shape index (κ3) is 4.04. The highest BCUT2D eigenvalue weighted by Crippen LogP contribution is 2.25. The van der Waals surface area contributed by atoms with Crippen molar-refractivity contribution in [1.29, 1.82) is 5.26 Å². The Labute approximate surface area is 152 Å². The molecule has 1 amide bonds. The Kier molecular flexibility index (Phi) is 5.24. The van der Waals surface area contributed by atoms with Gasteiger partial charge in [0, 0.05) is 18.4 Å². The molecule has 0 saturated heterocycles. The molecule has 0 atom stereocenters. The number of nitrogens with one attached hydrogen (secondary N) is 1. The van der Waals surface area contributed by atoms with Gasteiger partial charge >= 0.3 is 0 Å². The number of carbonyl (C=O) groups excluding carboxylic acids is 1. The lowest BCUT2D eigenvalue weighted by atomic mass is 10.1. The first-order valence-corrected chi connectivity index (χ1v) is 8.53. The van der Waals surface area contributed by atoms with E-state index in [1.807, 2.05) is 6.07 Å². The molecule has 130 valence electrons. The van der Waals surface area contributed by atoms with Gasteiger partial charge in [0.05, 0.1) is 17.3 Å². The lowest BCUT2D eigenvalue weighted by Gasteiger charge is -2.07. The van der Waals surface area contributed by atoms with Crippen LogP contribution in [0.5, 0.6) is 0 Å². The summed E-state index contributed by atoms with van der Waals surface area (Å²) < 4.78 is 15.5. The summed E-state index contributed by atoms with van der Waals surface area (Å²) in [5, 5.41) is 23.6. The van der Waals surface area contributed by atoms with Gasteiger partial charge < -0.3 is 5.32 Å². The molecule has 0 aliphatic rings. The van der Waals surface area contributed by atoms with E-state index in [2.05, 4.69) is 20.8 Å². The molecule has 0 aliphatic carbocycles. The Morgan fingerprint density at radius 1 is 1.35 bits per heavy atom. The topological polar surface area (TPSA) is 96.5 Å². The molecule has 0 spiro atoms. The minimum Gasteiger partial charge on any atom is -0.326 e. The summed E-state index contributed by atoms with van der Waals surface area (Å²) >= 11 is 1.27. The number of hydrogen-bond donors (Lipinski definition) is 1. The highest BCUT2D eigenvalue weighted by molar-refractivity contribution is 7.98. The van der Waals surface area contributed by atoms with Crippen LogP contribution in [0.15, 0.2) is 47.6 Å². The molecule has 3 aromatic rings. The summed E-state index contributed by atoms with van der Waals surface area (Å²) in [6, 6.07) is 13.3. The molecule has 3 rings (SSSR count). The predicted octanol–water partition coefficient (Wildman–Crippen LogP) is 2.92. The minimum atomic E-state index is -0.441. The SMILES string of the molecule is CC(=O)Nc1cccc(-n2nnnc2SCc2ccc(C#N)cc2F)c1. The molecule has 0 aliphatic heterocycles. The summed E-state index contributed by atoms with van der Waals surface area (Å²) in [6.45, 7) is 1.43. The fraction of sp³-hybridized carbons (Fsp3) is 0.118. The number of aromatic nitrogens is 4. The van der Waals surface area contributed by atoms with E-state index in [0.29, 0.717) is 27.8 Å². The summed E-state index contributed by atoms with van der Waals surface area (Å²) in [4.78, 5) is 11.2. The Hall–Kier alpha value is -3.25. The van der Waals surface area contributed by atoms with Crippen LogP contribution in [0.1, 0.15) is 18.1 Å². The summed E-state index contributed by atoms with van der Waals surface area (Å²) in [5.41, 5.74) is 2.02. The van der Waals surface area contributed by atoms with Crippen LogP contribution in [0.3, 0.4) is 0 Å². The fourth-order valence-corrected chi connectivity index (χ4v) is 3.10. The number of thioether (sulfide) groups is 1. The molecular weight excluding hydrogens is 355 g/mol. The van der Waals surface area contributed by atoms with Gasteiger partial charge in [0.1, 0.15) is 5.82 Å². The molecule has 0 radical (unpaired) electrons. The van der Waals surface area contributed by atoms with Crippen LogP contribution in [-0.4, -0.2) is 26.1 Å². The van der Waals surface area contributed by atoms with Gasteiger partial charge in [0.25, 0.3) is 0 Å². The van der Waals surface area contributed by atoms with E-state index in [-0.39, 0.29) is 11.5 Å². The van der Waals surface area contributed by atoms with Crippen LogP contribution >= 0.6 is 11.8 Å². The monoisotopic (exact) mass is 368 g/mol. The van der Waals surface area contributed by atoms with Crippen molar-refractivity contribution in [3.05, 3.63) is 59.4 Å². The van der Waals surface area contributed by atoms with Crippen LogP contribution in [-0.2, 0) is 10.5 Å². The number of halogens is 1. The van der Waals surface area contributed by atoms with Gasteiger partial charge in [-0.1, -0.05) is 23.9 Å². The largest absolute Gasteiger partial charge is 0.326 e. The first-order chi connectivity index (χ1) is 12.6. The number of benzene rings is 2. The van der Waals surface area contributed by atoms with Crippen molar-refractivity contribution in [2.75, 3.05) is 5.32 Å². The van der Waals surface area contributed by atoms with E-state index < -0.39 is 5.82 Å². The Morgan fingerprint density at radius 3 is 2.92 bits per heavy atom. The quantitative estimate of drug-likeness (QED) is 0.696. The molecule has 2 aromatic carbocycles. The average Bonchev–Trinajstić information content (AvgIpc) is 3.09. The number of nitriles is 1. The van der Waals surface area contributed by atoms with Crippen molar-refractivity contribution in [3.8, 4) is 11.8 Å². The maximum Gasteiger partial charge on any atom is 0.221 e. The lowest BCUT2D eigenvalue weighted by molar-refractivity contribution is -0.114. The first kappa shape index (κ1) is 17.6. The van der Waals surface area contributed by atoms with Crippen LogP contribution in [0, 0.1) is 17.1 Å². The highest BCUT2D eigenvalue weighted by Gasteiger charge is 2.12. The molecule has 0 bridgehead atoms. The first-order valence-electron chi connectivity index (χ1n) is 7.54. The van der Waals surface area contributed by atoms with Gasteiger partial charge in [-0.2, -0.15) is 9.94 Å². The van der Waals surface area contributed by atoms with E-state index in [1.165, 1.54) is 29.4 Å². The molecule has 1 heterocycles. The van der Waals surface area contributed by atoms with Crippen molar-refractivity contribution in [1.82, 2.24) is 20.2 Å². The molecule has 1 N–H and O–H groups in total. The second-order valence-electron chi connectivity index (χ2n) is 5.31. The molecule has 9 heteroatoms. The zero-order chi connectivity index (χ0) is 18.5. The van der Waals surface area contributed by atoms with Gasteiger partial charge in [-0.3, -0.25) is 4.79 Å². The van der Waals surface area contributed by atoms with Crippen molar-refractivity contribution < 1.29 is 9.18 Å². The number of amides is 1. The molecule has 0 saturated carbocycles. The van der Waals surface area contributed by atoms with E-state index in [4.69, 9.17) is 5.26 Å². The van der Waals surface area contributed by atoms with E-state index in [9.17, 15) is 9.18 Å². The minimum absolute atomic E-state index is 0.176. The zero-order valence-electron chi connectivity index (χ0n) is 13.7. The van der Waals surface area contributed by atoms with Crippen molar-refractivity contribution in [3.63, 3.8) is 0 Å². The second-order valence-corrected chi connectivity index (χ2v) is 6.25. The van der Waals surface area contributed by atoms with E-state index >= 15 is 0 Å². The second kappa shape index (κ2) is 7.76. The third-order valence-electron chi connectivity index (χ3n) is 3.39. The van der Waals surface area contributed by atoms with Crippen molar-refractivity contribution in [2.24, 2.45) is 0 Å². The number of tetrazole rings is 1. The van der Waals surface area contributed by atoms with Gasteiger partial charge in [0.2, 0.25) is 11.1 Å². The maximum absolute atomic E-state index is 14.0. The maximum atomic E-state index is 14.0. The fourth-order valence-electron chi connectivity index (χ4n) is 2.23. The van der Waals surface area contributed by atoms with Gasteiger partial charge in [-0.15, -0.1) is 5.10 Å². The smallest absolute Gasteiger partial charge is 0.221 e. The number of anilines is 1. The van der Waals surface area contributed by atoms with Gasteiger partial charge in [-0.05, 0) is 46.3 Å². The molecule has 7 nitrogen and oxygen atoms in total. The number of rotatable bonds is 5. The normalized spacial score (nSPS) is 10.3. The number of nitrogens with zero attached hydrogens (tertiary/aromatic N) is 5. The molecular formula is C17H13FN6OS. The van der Waals surface area contributed by atoms with Crippen LogP contribution in [0.25, 0.3) is 5.69 Å². The molecule has 0 unspecified atom stereocenters. The van der Waals surface area contributed by atoms with Crippen LogP contribution in [0.2, 0.25) is 0 Å². The third-order valence-corrected chi connectivity index (χ3v) is 4.36. The Morgan fingerprint density at radius 2 is 2.19 bits per heavy atom. The lowest BCUT2D eigenvalue weighted by Crippen LogP contribution is -2.07. The van der Waals surface area contributed by atoms with E-state index in [0.717, 1.165) is 0 Å². The summed E-state index contributed by atoms with van der Waals surface area (Å²) in [6.07, 6.45) is 0. The van der Waals surface area contributed by atoms with Crippen molar-refractivity contribution >= 4 is 23.4 Å². The zero-order valence-corrected chi connectivity index (χ0v) is 14.5. The predicted molar refractivity (Wildman–Crippen MR) is 94.1 cm³/mol. The van der Waals surface area contributed by atoms with Gasteiger partial charge in [-0.25, -0.2) is 4.39 Å². The van der Waals surface area contributed by atoms with E-state index in [1.54, 1.807) is 36.4 Å². The summed E-state index contributed by atoms with van der Waals surface area (Å²) in [5.74, 6) is -0.309. The average molecular weight is 368 g/mol. The number of hydrogen-bond acceptors (Lipinski definition) is 6. The van der Waals surface area contributed by atoms with Gasteiger partial charge in [0.15, 0.2) is 0 Å². The Bertz CT molecular complexity index is 997. The molecule has 1 aromatic heterocycles. The van der Waals surface area contributed by atoms with Crippen LogP contribution in [0.4, 0.5) is 10.1 Å². The molecule has 0 fully saturated rings. The van der Waals surface area contributed by atoms with Crippen molar-refractivity contribution in [2.45, 2.75) is 17.8 Å².